The molecule has 3 aromatic rings. The summed E-state index contributed by atoms with van der Waals surface area (Å²) in [5.74, 6) is -1.72. The molecule has 0 unspecified atom stereocenters. The number of rotatable bonds is 18. The highest BCUT2D eigenvalue weighted by Gasteiger charge is 2.28. The number of likely N-dealkylation sites (N-methyl/N-ethyl adjacent to an activating group) is 1. The number of hydrogen-bond acceptors (Lipinski definition) is 7. The Hall–Kier alpha value is -4.75. The van der Waals surface area contributed by atoms with E-state index in [-0.39, 0.29) is 47.1 Å². The summed E-state index contributed by atoms with van der Waals surface area (Å²) in [4.78, 5) is 53.3. The maximum absolute atomic E-state index is 13.9. The van der Waals surface area contributed by atoms with Crippen LogP contribution in [-0.4, -0.2) is 76.6 Å². The van der Waals surface area contributed by atoms with E-state index in [1.54, 1.807) is 0 Å². The summed E-state index contributed by atoms with van der Waals surface area (Å²) in [6.45, 7) is 9.88. The molecule has 0 spiro atoms. The van der Waals surface area contributed by atoms with Gasteiger partial charge in [0.25, 0.3) is 11.8 Å². The van der Waals surface area contributed by atoms with Crippen LogP contribution in [0.15, 0.2) is 78.9 Å². The van der Waals surface area contributed by atoms with Crippen molar-refractivity contribution in [1.82, 2.24) is 26.6 Å². The lowest BCUT2D eigenvalue weighted by molar-refractivity contribution is -0.131. The first-order valence-corrected chi connectivity index (χ1v) is 19.1. The van der Waals surface area contributed by atoms with Crippen LogP contribution in [0.2, 0.25) is 0 Å². The molecule has 0 radical (unpaired) electrons. The highest BCUT2D eigenvalue weighted by Crippen LogP contribution is 2.22. The molecule has 5 N–H and O–H groups in total. The van der Waals surface area contributed by atoms with Crippen LogP contribution in [0.25, 0.3) is 0 Å². The average Bonchev–Trinajstić information content (AvgIpc) is 3.10. The molecule has 0 saturated carbocycles. The topological polar surface area (TPSA) is 166 Å². The molecule has 276 valence electrons. The van der Waals surface area contributed by atoms with Crippen molar-refractivity contribution in [1.29, 1.82) is 0 Å². The number of carbonyl (C=O) groups is 4. The molecule has 51 heavy (non-hydrogen) atoms. The third kappa shape index (κ3) is 12.2. The quantitative estimate of drug-likeness (QED) is 0.134. The van der Waals surface area contributed by atoms with Gasteiger partial charge in [-0.3, -0.25) is 23.5 Å². The minimum atomic E-state index is -3.73. The second-order valence-corrected chi connectivity index (χ2v) is 15.0. The molecule has 12 nitrogen and oxygen atoms in total. The second kappa shape index (κ2) is 19.0. The van der Waals surface area contributed by atoms with Crippen molar-refractivity contribution < 1.29 is 27.6 Å². The minimum Gasteiger partial charge on any atom is -0.355 e. The van der Waals surface area contributed by atoms with E-state index in [1.807, 2.05) is 95.3 Å². The van der Waals surface area contributed by atoms with E-state index in [4.69, 9.17) is 0 Å². The van der Waals surface area contributed by atoms with Gasteiger partial charge in [-0.1, -0.05) is 81.4 Å². The number of carbonyl (C=O) groups excluding carboxylic acids is 4. The zero-order chi connectivity index (χ0) is 37.7. The molecule has 3 aromatic carbocycles. The van der Waals surface area contributed by atoms with Crippen molar-refractivity contribution in [3.05, 3.63) is 101 Å². The summed E-state index contributed by atoms with van der Waals surface area (Å²) in [6.07, 6.45) is 1.88. The number of amides is 4. The fourth-order valence-electron chi connectivity index (χ4n) is 5.47. The monoisotopic (exact) mass is 720 g/mol. The van der Waals surface area contributed by atoms with Crippen molar-refractivity contribution in [2.45, 2.75) is 71.6 Å². The van der Waals surface area contributed by atoms with Crippen molar-refractivity contribution >= 4 is 39.3 Å². The smallest absolute Gasteiger partial charge is 0.251 e. The summed E-state index contributed by atoms with van der Waals surface area (Å²) in [5, 5.41) is 14.9. The van der Waals surface area contributed by atoms with Gasteiger partial charge in [0.05, 0.1) is 24.0 Å². The molecule has 13 heteroatoms. The van der Waals surface area contributed by atoms with Crippen LogP contribution in [0.1, 0.15) is 78.9 Å². The molecule has 0 bridgehead atoms. The molecule has 0 heterocycles. The normalized spacial score (nSPS) is 13.7. The van der Waals surface area contributed by atoms with Gasteiger partial charge in [0.2, 0.25) is 21.8 Å². The molecule has 4 amide bonds. The lowest BCUT2D eigenvalue weighted by Crippen LogP contribution is -2.56. The Morgan fingerprint density at radius 2 is 1.33 bits per heavy atom. The summed E-state index contributed by atoms with van der Waals surface area (Å²) in [5.41, 5.74) is 2.18. The van der Waals surface area contributed by atoms with Gasteiger partial charge in [-0.15, -0.1) is 0 Å². The van der Waals surface area contributed by atoms with E-state index < -0.39 is 40.0 Å². The second-order valence-electron chi connectivity index (χ2n) is 13.0. The Labute approximate surface area is 302 Å². The Bertz CT molecular complexity index is 1740. The number of anilines is 1. The van der Waals surface area contributed by atoms with E-state index in [9.17, 15) is 27.6 Å². The molecular formula is C38H52N6O6S. The van der Waals surface area contributed by atoms with Gasteiger partial charge in [0.1, 0.15) is 6.04 Å². The summed E-state index contributed by atoms with van der Waals surface area (Å²) >= 11 is 0. The van der Waals surface area contributed by atoms with E-state index in [2.05, 4.69) is 26.6 Å². The van der Waals surface area contributed by atoms with Gasteiger partial charge >= 0.3 is 0 Å². The molecular weight excluding hydrogens is 669 g/mol. The third-order valence-corrected chi connectivity index (χ3v) is 9.75. The first-order chi connectivity index (χ1) is 24.1. The molecule has 0 fully saturated rings. The van der Waals surface area contributed by atoms with E-state index in [0.29, 0.717) is 19.4 Å². The van der Waals surface area contributed by atoms with Crippen LogP contribution in [0.4, 0.5) is 5.69 Å². The van der Waals surface area contributed by atoms with Crippen LogP contribution in [0.5, 0.6) is 0 Å². The highest BCUT2D eigenvalue weighted by molar-refractivity contribution is 7.92. The number of nitrogens with one attached hydrogen (secondary N) is 5. The van der Waals surface area contributed by atoms with Crippen LogP contribution in [0, 0.1) is 5.92 Å². The van der Waals surface area contributed by atoms with Crippen LogP contribution in [0.3, 0.4) is 0 Å². The predicted octanol–water partition coefficient (Wildman–Crippen LogP) is 3.56. The Morgan fingerprint density at radius 3 is 1.86 bits per heavy atom. The van der Waals surface area contributed by atoms with Crippen molar-refractivity contribution in [2.24, 2.45) is 5.92 Å². The largest absolute Gasteiger partial charge is 0.355 e. The van der Waals surface area contributed by atoms with Crippen LogP contribution in [-0.2, 0) is 26.0 Å². The summed E-state index contributed by atoms with van der Waals surface area (Å²) in [6, 6.07) is 21.0. The molecule has 0 aliphatic heterocycles. The molecule has 0 aromatic heterocycles. The van der Waals surface area contributed by atoms with E-state index in [0.717, 1.165) is 21.7 Å². The predicted molar refractivity (Wildman–Crippen MR) is 201 cm³/mol. The lowest BCUT2D eigenvalue weighted by atomic mass is 10.0. The maximum atomic E-state index is 13.9. The van der Waals surface area contributed by atoms with Gasteiger partial charge in [-0.25, -0.2) is 8.42 Å². The van der Waals surface area contributed by atoms with E-state index >= 15 is 0 Å². The molecule has 4 atom stereocenters. The average molecular weight is 721 g/mol. The Kier molecular flexibility index (Phi) is 15.2. The number of hydrogen-bond donors (Lipinski definition) is 5. The lowest BCUT2D eigenvalue weighted by Gasteiger charge is -2.26. The van der Waals surface area contributed by atoms with Crippen molar-refractivity contribution in [3.63, 3.8) is 0 Å². The van der Waals surface area contributed by atoms with Crippen molar-refractivity contribution in [3.8, 4) is 0 Å². The minimum absolute atomic E-state index is 0.0880. The van der Waals surface area contributed by atoms with Gasteiger partial charge in [-0.05, 0) is 61.9 Å². The van der Waals surface area contributed by atoms with Gasteiger partial charge < -0.3 is 26.6 Å². The molecule has 3 rings (SSSR count). The fraction of sp³-hybridized carbons (Fsp3) is 0.421. The third-order valence-electron chi connectivity index (χ3n) is 8.54. The maximum Gasteiger partial charge on any atom is 0.251 e. The van der Waals surface area contributed by atoms with Gasteiger partial charge in [-0.2, -0.15) is 0 Å². The first-order valence-electron chi connectivity index (χ1n) is 17.3. The number of nitrogens with zero attached hydrogens (tertiary/aromatic N) is 1. The van der Waals surface area contributed by atoms with Gasteiger partial charge in [0, 0.05) is 37.3 Å². The summed E-state index contributed by atoms with van der Waals surface area (Å²) < 4.78 is 26.0. The van der Waals surface area contributed by atoms with Crippen molar-refractivity contribution in [2.75, 3.05) is 30.7 Å². The highest BCUT2D eigenvalue weighted by atomic mass is 32.2. The van der Waals surface area contributed by atoms with Crippen LogP contribution < -0.4 is 30.9 Å². The zero-order valence-electron chi connectivity index (χ0n) is 30.5. The Morgan fingerprint density at radius 1 is 0.765 bits per heavy atom. The Balaban J connectivity index is 1.89. The molecule has 0 saturated heterocycles. The number of sulfonamides is 1. The molecule has 0 aliphatic rings. The first kappa shape index (κ1) is 40.7. The van der Waals surface area contributed by atoms with Crippen LogP contribution >= 0.6 is 0 Å². The van der Waals surface area contributed by atoms with E-state index in [1.165, 1.54) is 25.2 Å². The SMILES string of the molecule is CCNC(=O)[C@@H](NC(=O)[C@H](CC)NC[C@H](Cc1ccccc1)NC(=O)c1cc(C(=O)N[C@H](C)c2ccccc2)cc(N(C)S(C)(=O)=O)c1)C(C)C. The molecule has 0 aliphatic carbocycles. The zero-order valence-corrected chi connectivity index (χ0v) is 31.3. The number of benzene rings is 3. The standard InChI is InChI=1S/C38H52N6O6S/c1-8-33(37(47)43-34(25(3)4)38(48)39-9-2)40-24-31(20-27-16-12-10-13-17-27)42-36(46)30-21-29(22-32(23-30)44(6)51(7,49)50)35(45)41-26(5)28-18-14-11-15-19-28/h10-19,21-23,25-26,31,33-34,40H,8-9,20,24H2,1-7H3,(H,39,48)(H,41,45)(H,42,46)(H,43,47)/t26-,31+,33+,34+/m1/s1. The van der Waals surface area contributed by atoms with Gasteiger partial charge in [0.15, 0.2) is 0 Å². The summed E-state index contributed by atoms with van der Waals surface area (Å²) in [7, 11) is -2.37. The fourth-order valence-corrected chi connectivity index (χ4v) is 5.96.